The van der Waals surface area contributed by atoms with Crippen molar-refractivity contribution in [2.24, 2.45) is 0 Å². The second kappa shape index (κ2) is 6.62. The van der Waals surface area contributed by atoms with Crippen LogP contribution in [0, 0.1) is 6.92 Å². The van der Waals surface area contributed by atoms with Crippen LogP contribution in [0.5, 0.6) is 0 Å². The number of hydrogen-bond donors (Lipinski definition) is 1. The molecule has 0 saturated carbocycles. The molecule has 0 spiro atoms. The van der Waals surface area contributed by atoms with E-state index < -0.39 is 0 Å². The molecule has 1 amide bonds. The summed E-state index contributed by atoms with van der Waals surface area (Å²) in [6.07, 6.45) is 5.23. The zero-order valence-corrected chi connectivity index (χ0v) is 14.2. The minimum absolute atomic E-state index is 0.0515. The molecule has 1 aromatic rings. The number of carbonyl (C=O) groups excluding carboxylic acids is 2. The van der Waals surface area contributed by atoms with Crippen molar-refractivity contribution in [3.8, 4) is 0 Å². The first-order chi connectivity index (χ1) is 11.1. The Balaban J connectivity index is 1.52. The number of nitrogens with one attached hydrogen (secondary N) is 1. The van der Waals surface area contributed by atoms with Gasteiger partial charge in [-0.05, 0) is 31.6 Å². The number of aryl methyl sites for hydroxylation is 1. The fraction of sp³-hybridized carbons (Fsp3) is 0.333. The minimum atomic E-state index is -0.0515. The highest BCUT2D eigenvalue weighted by molar-refractivity contribution is 8.04. The zero-order chi connectivity index (χ0) is 16.4. The number of benzene rings is 1. The predicted molar refractivity (Wildman–Crippen MR) is 93.1 cm³/mol. The molecule has 0 radical (unpaired) electrons. The van der Waals surface area contributed by atoms with Gasteiger partial charge in [0.2, 0.25) is 0 Å². The highest BCUT2D eigenvalue weighted by atomic mass is 32.2. The Morgan fingerprint density at radius 3 is 2.78 bits per heavy atom. The van der Waals surface area contributed by atoms with E-state index in [-0.39, 0.29) is 17.1 Å². The van der Waals surface area contributed by atoms with Crippen molar-refractivity contribution in [2.75, 3.05) is 13.6 Å². The number of carbonyl (C=O) groups is 2. The Hall–Kier alpha value is -2.01. The monoisotopic (exact) mass is 328 g/mol. The summed E-state index contributed by atoms with van der Waals surface area (Å²) >= 11 is 1.61. The first-order valence-electron chi connectivity index (χ1n) is 7.74. The van der Waals surface area contributed by atoms with Crippen LogP contribution < -0.4 is 5.32 Å². The van der Waals surface area contributed by atoms with Gasteiger partial charge in [-0.2, -0.15) is 0 Å². The highest BCUT2D eigenvalue weighted by Crippen LogP contribution is 2.41. The third kappa shape index (κ3) is 3.34. The van der Waals surface area contributed by atoms with E-state index in [0.717, 1.165) is 22.6 Å². The number of nitrogens with zero attached hydrogens (tertiary/aromatic N) is 1. The van der Waals surface area contributed by atoms with Crippen LogP contribution in [0.2, 0.25) is 0 Å². The number of allylic oxidation sites excluding steroid dienone is 3. The van der Waals surface area contributed by atoms with Crippen LogP contribution in [0.4, 0.5) is 0 Å². The lowest BCUT2D eigenvalue weighted by Gasteiger charge is -2.23. The number of likely N-dealkylation sites (N-methyl/N-ethyl adjacent to an activating group) is 1. The molecule has 5 heteroatoms. The van der Waals surface area contributed by atoms with Gasteiger partial charge in [0.1, 0.15) is 0 Å². The molecule has 1 aliphatic carbocycles. The standard InChI is InChI=1S/C18H20N2O2S/c1-12-6-8-13(9-7-12)18(22)19-11-10-16-20(2)14-4-3-5-15(21)17(14)23-16/h3-4,6-9,16H,5,10-11H2,1-2H3,(H,19,22). The van der Waals surface area contributed by atoms with Crippen molar-refractivity contribution in [3.63, 3.8) is 0 Å². The van der Waals surface area contributed by atoms with Gasteiger partial charge in [0.15, 0.2) is 5.78 Å². The normalized spacial score (nSPS) is 20.0. The highest BCUT2D eigenvalue weighted by Gasteiger charge is 2.33. The molecule has 120 valence electrons. The Morgan fingerprint density at radius 2 is 2.09 bits per heavy atom. The summed E-state index contributed by atoms with van der Waals surface area (Å²) < 4.78 is 0. The summed E-state index contributed by atoms with van der Waals surface area (Å²) in [4.78, 5) is 27.0. The van der Waals surface area contributed by atoms with Crippen LogP contribution in [0.15, 0.2) is 47.0 Å². The Labute approximate surface area is 140 Å². The molecule has 2 aliphatic rings. The van der Waals surface area contributed by atoms with E-state index >= 15 is 0 Å². The van der Waals surface area contributed by atoms with Gasteiger partial charge in [-0.1, -0.05) is 35.5 Å². The van der Waals surface area contributed by atoms with Gasteiger partial charge >= 0.3 is 0 Å². The van der Waals surface area contributed by atoms with Crippen LogP contribution >= 0.6 is 11.8 Å². The lowest BCUT2D eigenvalue weighted by atomic mass is 10.1. The van der Waals surface area contributed by atoms with Crippen molar-refractivity contribution in [1.82, 2.24) is 10.2 Å². The van der Waals surface area contributed by atoms with Crippen molar-refractivity contribution < 1.29 is 9.59 Å². The SMILES string of the molecule is Cc1ccc(C(=O)NCCC2SC3=C(C=CCC3=O)N2C)cc1. The van der Waals surface area contributed by atoms with Crippen LogP contribution in [-0.2, 0) is 4.79 Å². The Bertz CT molecular complexity index is 691. The fourth-order valence-electron chi connectivity index (χ4n) is 2.73. The van der Waals surface area contributed by atoms with Crippen LogP contribution in [0.25, 0.3) is 0 Å². The molecule has 0 bridgehead atoms. The maximum absolute atomic E-state index is 12.1. The number of ketones is 1. The number of hydrogen-bond acceptors (Lipinski definition) is 4. The fourth-order valence-corrected chi connectivity index (χ4v) is 4.06. The van der Waals surface area contributed by atoms with Gasteiger partial charge < -0.3 is 10.2 Å². The van der Waals surface area contributed by atoms with Crippen molar-refractivity contribution in [2.45, 2.75) is 25.1 Å². The lowest BCUT2D eigenvalue weighted by molar-refractivity contribution is -0.114. The quantitative estimate of drug-likeness (QED) is 0.923. The van der Waals surface area contributed by atoms with Crippen LogP contribution in [-0.4, -0.2) is 35.6 Å². The average Bonchev–Trinajstić information content (AvgIpc) is 2.86. The van der Waals surface area contributed by atoms with E-state index in [1.165, 1.54) is 0 Å². The summed E-state index contributed by atoms with van der Waals surface area (Å²) in [5.74, 6) is 0.148. The summed E-state index contributed by atoms with van der Waals surface area (Å²) in [7, 11) is 2.00. The average molecular weight is 328 g/mol. The van der Waals surface area contributed by atoms with E-state index in [2.05, 4.69) is 10.2 Å². The molecule has 1 aromatic carbocycles. The van der Waals surface area contributed by atoms with Crippen molar-refractivity contribution in [3.05, 3.63) is 58.1 Å². The van der Waals surface area contributed by atoms with E-state index in [4.69, 9.17) is 0 Å². The Kier molecular flexibility index (Phi) is 4.57. The van der Waals surface area contributed by atoms with E-state index in [1.54, 1.807) is 11.8 Å². The van der Waals surface area contributed by atoms with Crippen LogP contribution in [0.3, 0.4) is 0 Å². The van der Waals surface area contributed by atoms with Gasteiger partial charge in [0, 0.05) is 25.6 Å². The summed E-state index contributed by atoms with van der Waals surface area (Å²) in [6.45, 7) is 2.59. The smallest absolute Gasteiger partial charge is 0.251 e. The molecule has 0 aromatic heterocycles. The molecular weight excluding hydrogens is 308 g/mol. The van der Waals surface area contributed by atoms with Crippen LogP contribution in [0.1, 0.15) is 28.8 Å². The molecule has 1 N–H and O–H groups in total. The molecule has 23 heavy (non-hydrogen) atoms. The number of amides is 1. The van der Waals surface area contributed by atoms with Gasteiger partial charge in [0.05, 0.1) is 16.0 Å². The van der Waals surface area contributed by atoms with E-state index in [0.29, 0.717) is 18.5 Å². The van der Waals surface area contributed by atoms with Gasteiger partial charge in [0.25, 0.3) is 5.91 Å². The summed E-state index contributed by atoms with van der Waals surface area (Å²) in [5, 5.41) is 3.16. The molecule has 4 nitrogen and oxygen atoms in total. The largest absolute Gasteiger partial charge is 0.361 e. The van der Waals surface area contributed by atoms with Gasteiger partial charge in [-0.25, -0.2) is 0 Å². The third-order valence-corrected chi connectivity index (χ3v) is 5.62. The number of thioether (sulfide) groups is 1. The molecule has 3 rings (SSSR count). The second-order valence-corrected chi connectivity index (χ2v) is 7.03. The summed E-state index contributed by atoms with van der Waals surface area (Å²) in [6, 6.07) is 7.55. The topological polar surface area (TPSA) is 49.4 Å². The Morgan fingerprint density at radius 1 is 1.35 bits per heavy atom. The molecule has 1 heterocycles. The third-order valence-electron chi connectivity index (χ3n) is 4.12. The molecule has 0 saturated heterocycles. The van der Waals surface area contributed by atoms with E-state index in [1.807, 2.05) is 50.4 Å². The maximum Gasteiger partial charge on any atom is 0.251 e. The summed E-state index contributed by atoms with van der Waals surface area (Å²) in [5.41, 5.74) is 2.83. The zero-order valence-electron chi connectivity index (χ0n) is 13.3. The van der Waals surface area contributed by atoms with Crippen molar-refractivity contribution >= 4 is 23.5 Å². The van der Waals surface area contributed by atoms with E-state index in [9.17, 15) is 9.59 Å². The lowest BCUT2D eigenvalue weighted by Crippen LogP contribution is -2.30. The van der Waals surface area contributed by atoms with Gasteiger partial charge in [-0.15, -0.1) is 0 Å². The maximum atomic E-state index is 12.1. The van der Waals surface area contributed by atoms with Crippen molar-refractivity contribution in [1.29, 1.82) is 0 Å². The first kappa shape index (κ1) is 15.9. The molecule has 1 unspecified atom stereocenters. The number of rotatable bonds is 4. The molecular formula is C18H20N2O2S. The minimum Gasteiger partial charge on any atom is -0.361 e. The molecule has 1 aliphatic heterocycles. The molecule has 0 fully saturated rings. The van der Waals surface area contributed by atoms with Gasteiger partial charge in [-0.3, -0.25) is 9.59 Å². The first-order valence-corrected chi connectivity index (χ1v) is 8.62. The second-order valence-electron chi connectivity index (χ2n) is 5.84. The molecule has 1 atom stereocenters. The number of Topliss-reactive ketones (excluding diaryl/α,β-unsaturated/α-hetero) is 1. The predicted octanol–water partition coefficient (Wildman–Crippen LogP) is 2.86.